The molecule has 2 aromatic rings. The molecule has 2 aliphatic rings. The molecule has 0 N–H and O–H groups in total. The molecule has 1 saturated heterocycles. The summed E-state index contributed by atoms with van der Waals surface area (Å²) in [7, 11) is -1.24. The molecule has 1 atom stereocenters. The van der Waals surface area contributed by atoms with E-state index in [-0.39, 0.29) is 11.3 Å². The largest absolute Gasteiger partial charge is 0.474 e. The highest BCUT2D eigenvalue weighted by atomic mass is 32.2. The topological polar surface area (TPSA) is 75.6 Å². The van der Waals surface area contributed by atoms with Gasteiger partial charge in [0.2, 0.25) is 5.88 Å². The smallest absolute Gasteiger partial charge is 0.281 e. The van der Waals surface area contributed by atoms with Gasteiger partial charge in [-0.3, -0.25) is 9.00 Å². The zero-order valence-electron chi connectivity index (χ0n) is 17.5. The summed E-state index contributed by atoms with van der Waals surface area (Å²) in [5.74, 6) is 1.52. The van der Waals surface area contributed by atoms with Crippen LogP contribution in [0.2, 0.25) is 0 Å². The van der Waals surface area contributed by atoms with Gasteiger partial charge in [0.25, 0.3) is 5.24 Å². The summed E-state index contributed by atoms with van der Waals surface area (Å²) < 4.78 is 32.5. The second kappa shape index (κ2) is 9.52. The van der Waals surface area contributed by atoms with Crippen LogP contribution < -0.4 is 9.64 Å². The molecule has 1 fully saturated rings. The number of piperidine rings is 1. The summed E-state index contributed by atoms with van der Waals surface area (Å²) in [4.78, 5) is 24.9. The average Bonchev–Trinajstić information content (AvgIpc) is 3.19. The number of halogens is 1. The van der Waals surface area contributed by atoms with Crippen LogP contribution in [0.5, 0.6) is 5.88 Å². The highest BCUT2D eigenvalue weighted by Crippen LogP contribution is 2.38. The molecule has 0 radical (unpaired) electrons. The van der Waals surface area contributed by atoms with E-state index in [9.17, 15) is 13.4 Å². The van der Waals surface area contributed by atoms with Gasteiger partial charge in [0, 0.05) is 54.4 Å². The molecule has 166 valence electrons. The first-order valence-corrected chi connectivity index (χ1v) is 12.8. The van der Waals surface area contributed by atoms with E-state index in [1.807, 2.05) is 16.7 Å². The predicted molar refractivity (Wildman–Crippen MR) is 120 cm³/mol. The van der Waals surface area contributed by atoms with Gasteiger partial charge < -0.3 is 14.5 Å². The number of aromatic nitrogens is 2. The maximum Gasteiger partial charge on any atom is 0.281 e. The van der Waals surface area contributed by atoms with Crippen LogP contribution >= 0.6 is 11.8 Å². The lowest BCUT2D eigenvalue weighted by molar-refractivity contribution is 0.114. The third-order valence-corrected chi connectivity index (χ3v) is 7.22. The molecule has 31 heavy (non-hydrogen) atoms. The van der Waals surface area contributed by atoms with E-state index >= 15 is 0 Å². The van der Waals surface area contributed by atoms with Crippen molar-refractivity contribution in [3.63, 3.8) is 0 Å². The minimum Gasteiger partial charge on any atom is -0.474 e. The third kappa shape index (κ3) is 4.69. The minimum absolute atomic E-state index is 0.0146. The summed E-state index contributed by atoms with van der Waals surface area (Å²) in [5.41, 5.74) is 1.27. The monoisotopic (exact) mass is 464 g/mol. The molecule has 0 aliphatic carbocycles. The van der Waals surface area contributed by atoms with E-state index in [1.165, 1.54) is 30.4 Å². The first-order valence-electron chi connectivity index (χ1n) is 10.3. The number of rotatable bonds is 5. The Labute approximate surface area is 187 Å². The second-order valence-corrected chi connectivity index (χ2v) is 10.0. The Morgan fingerprint density at radius 3 is 2.74 bits per heavy atom. The number of carbonyl (C=O) groups is 1. The number of likely N-dealkylation sites (tertiary alicyclic amines) is 1. The van der Waals surface area contributed by atoms with Crippen molar-refractivity contribution >= 4 is 39.3 Å². The van der Waals surface area contributed by atoms with E-state index in [1.54, 1.807) is 12.1 Å². The van der Waals surface area contributed by atoms with Crippen molar-refractivity contribution in [1.29, 1.82) is 0 Å². The maximum absolute atomic E-state index is 14.7. The molecule has 3 heterocycles. The molecule has 4 rings (SSSR count). The van der Waals surface area contributed by atoms with Crippen molar-refractivity contribution in [3.8, 4) is 5.88 Å². The number of fused-ring (bicyclic) bond motifs is 1. The van der Waals surface area contributed by atoms with Gasteiger partial charge in [0.05, 0.1) is 11.3 Å². The van der Waals surface area contributed by atoms with Crippen LogP contribution in [0.15, 0.2) is 29.4 Å². The van der Waals surface area contributed by atoms with E-state index in [0.29, 0.717) is 48.3 Å². The second-order valence-electron chi connectivity index (χ2n) is 7.45. The maximum atomic E-state index is 14.7. The van der Waals surface area contributed by atoms with Gasteiger partial charge >= 0.3 is 0 Å². The first-order chi connectivity index (χ1) is 15.0. The van der Waals surface area contributed by atoms with Gasteiger partial charge in [0.15, 0.2) is 0 Å². The van der Waals surface area contributed by atoms with E-state index in [4.69, 9.17) is 4.74 Å². The fourth-order valence-electron chi connectivity index (χ4n) is 3.92. The molecule has 1 amide bonds. The number of ether oxygens (including phenoxy) is 1. The summed E-state index contributed by atoms with van der Waals surface area (Å²) in [6.07, 6.45) is 5.11. The van der Waals surface area contributed by atoms with Crippen LogP contribution in [0.4, 0.5) is 20.7 Å². The normalized spacial score (nSPS) is 17.5. The van der Waals surface area contributed by atoms with Crippen LogP contribution in [0.1, 0.15) is 25.3 Å². The lowest BCUT2D eigenvalue weighted by Crippen LogP contribution is -2.40. The number of anilines is 2. The molecule has 7 nitrogen and oxygen atoms in total. The summed E-state index contributed by atoms with van der Waals surface area (Å²) >= 11 is 1.33. The number of carbonyl (C=O) groups excluding carboxylic acids is 1. The lowest BCUT2D eigenvalue weighted by Gasteiger charge is -2.31. The molecule has 1 aromatic carbocycles. The SMILES string of the molecule is CCSC(=O)N1CCC(Oc2ncnc3c2CCN3c2ccc([S@@](C)=O)cc2F)CC1. The molecule has 0 bridgehead atoms. The van der Waals surface area contributed by atoms with Gasteiger partial charge in [-0.25, -0.2) is 14.4 Å². The van der Waals surface area contributed by atoms with Crippen LogP contribution in [0, 0.1) is 5.82 Å². The van der Waals surface area contributed by atoms with Crippen LogP contribution in [0.25, 0.3) is 0 Å². The molecule has 0 saturated carbocycles. The van der Waals surface area contributed by atoms with Crippen LogP contribution in [0.3, 0.4) is 0 Å². The fourth-order valence-corrected chi connectivity index (χ4v) is 5.06. The highest BCUT2D eigenvalue weighted by Gasteiger charge is 2.30. The Morgan fingerprint density at radius 1 is 1.29 bits per heavy atom. The first kappa shape index (κ1) is 22.0. The quantitative estimate of drug-likeness (QED) is 0.667. The van der Waals surface area contributed by atoms with Crippen molar-refractivity contribution in [1.82, 2.24) is 14.9 Å². The number of thioether (sulfide) groups is 1. The Kier molecular flexibility index (Phi) is 6.76. The number of amides is 1. The highest BCUT2D eigenvalue weighted by molar-refractivity contribution is 8.13. The Bertz CT molecular complexity index is 999. The van der Waals surface area contributed by atoms with Gasteiger partial charge in [0.1, 0.15) is 24.1 Å². The van der Waals surface area contributed by atoms with Crippen molar-refractivity contribution in [2.75, 3.05) is 36.5 Å². The Morgan fingerprint density at radius 2 is 2.06 bits per heavy atom. The number of hydrogen-bond donors (Lipinski definition) is 0. The predicted octanol–water partition coefficient (Wildman–Crippen LogP) is 3.76. The van der Waals surface area contributed by atoms with Crippen LogP contribution in [-0.2, 0) is 17.2 Å². The Balaban J connectivity index is 1.47. The zero-order chi connectivity index (χ0) is 22.0. The molecular formula is C21H25FN4O3S2. The van der Waals surface area contributed by atoms with Crippen molar-refractivity contribution in [2.45, 2.75) is 37.2 Å². The number of nitrogens with zero attached hydrogens (tertiary/aromatic N) is 4. The standard InChI is InChI=1S/C21H25FN4O3S2/c1-3-30-21(27)25-9-6-14(7-10-25)29-20-16-8-11-26(19(16)23-13-24-20)18-5-4-15(31(2)28)12-17(18)22/h4-5,12-14H,3,6-11H2,1-2H3/t31-/m1/s1. The molecule has 10 heteroatoms. The number of hydrogen-bond acceptors (Lipinski definition) is 7. The van der Waals surface area contributed by atoms with Crippen LogP contribution in [-0.4, -0.2) is 62.1 Å². The van der Waals surface area contributed by atoms with E-state index in [0.717, 1.165) is 24.2 Å². The molecule has 0 spiro atoms. The fraction of sp³-hybridized carbons (Fsp3) is 0.476. The third-order valence-electron chi connectivity index (χ3n) is 5.51. The van der Waals surface area contributed by atoms with Gasteiger partial charge in [-0.15, -0.1) is 0 Å². The molecular weight excluding hydrogens is 439 g/mol. The summed E-state index contributed by atoms with van der Waals surface area (Å²) in [6, 6.07) is 4.63. The number of benzene rings is 1. The van der Waals surface area contributed by atoms with Crippen molar-refractivity contribution in [3.05, 3.63) is 35.9 Å². The molecule has 0 unspecified atom stereocenters. The summed E-state index contributed by atoms with van der Waals surface area (Å²) in [6.45, 7) is 3.89. The van der Waals surface area contributed by atoms with Gasteiger partial charge in [-0.05, 0) is 30.4 Å². The van der Waals surface area contributed by atoms with Crippen molar-refractivity contribution < 1.29 is 18.1 Å². The van der Waals surface area contributed by atoms with Crippen molar-refractivity contribution in [2.24, 2.45) is 0 Å². The average molecular weight is 465 g/mol. The van der Waals surface area contributed by atoms with E-state index < -0.39 is 16.6 Å². The van der Waals surface area contributed by atoms with Gasteiger partial charge in [-0.1, -0.05) is 18.7 Å². The summed E-state index contributed by atoms with van der Waals surface area (Å²) in [5, 5.41) is 0.125. The lowest BCUT2D eigenvalue weighted by atomic mass is 10.1. The molecule has 1 aromatic heterocycles. The van der Waals surface area contributed by atoms with Gasteiger partial charge in [-0.2, -0.15) is 0 Å². The zero-order valence-corrected chi connectivity index (χ0v) is 19.2. The van der Waals surface area contributed by atoms with E-state index in [2.05, 4.69) is 9.97 Å². The Hall–Kier alpha value is -2.20. The minimum atomic E-state index is -1.24. The molecule has 2 aliphatic heterocycles.